The number of aliphatic hydroxyl groups is 1. The molecule has 1 saturated heterocycles. The summed E-state index contributed by atoms with van der Waals surface area (Å²) >= 11 is 0.653. The van der Waals surface area contributed by atoms with Gasteiger partial charge in [-0.25, -0.2) is 18.1 Å². The van der Waals surface area contributed by atoms with Gasteiger partial charge in [-0.15, -0.1) is 0 Å². The van der Waals surface area contributed by atoms with Crippen molar-refractivity contribution in [2.75, 3.05) is 44.9 Å². The summed E-state index contributed by atoms with van der Waals surface area (Å²) in [6.07, 6.45) is 1.27. The van der Waals surface area contributed by atoms with Crippen molar-refractivity contribution in [1.29, 1.82) is 0 Å². The summed E-state index contributed by atoms with van der Waals surface area (Å²) in [7, 11) is -3.81. The number of amides is 1. The molecule has 11 nitrogen and oxygen atoms in total. The van der Waals surface area contributed by atoms with Crippen LogP contribution in [-0.4, -0.2) is 75.8 Å². The second kappa shape index (κ2) is 12.1. The number of halogens is 1. The number of oxime groups is 1. The van der Waals surface area contributed by atoms with E-state index in [9.17, 15) is 17.6 Å². The molecule has 3 rings (SSSR count). The van der Waals surface area contributed by atoms with E-state index in [4.69, 9.17) is 19.4 Å². The molecule has 0 spiro atoms. The maximum absolute atomic E-state index is 13.2. The zero-order valence-corrected chi connectivity index (χ0v) is 19.0. The van der Waals surface area contributed by atoms with Crippen molar-refractivity contribution in [3.63, 3.8) is 0 Å². The number of carbonyl (C=O) groups is 1. The number of nitrogens with zero attached hydrogens (tertiary/aromatic N) is 2. The number of carbonyl (C=O) groups excluding carboxylic acids is 1. The fourth-order valence-electron chi connectivity index (χ4n) is 2.71. The average molecular weight is 503 g/mol. The predicted octanol–water partition coefficient (Wildman–Crippen LogP) is 0.718. The Hall–Kier alpha value is -2.49. The normalized spacial score (nSPS) is 16.7. The Kier molecular flexibility index (Phi) is 9.22. The van der Waals surface area contributed by atoms with Crippen LogP contribution in [0, 0.1) is 5.13 Å². The number of anilines is 1. The quantitative estimate of drug-likeness (QED) is 0.218. The number of sulfonamides is 1. The molecule has 1 aromatic heterocycles. The van der Waals surface area contributed by atoms with Crippen molar-refractivity contribution in [2.45, 2.75) is 17.4 Å². The molecule has 1 aliphatic heterocycles. The van der Waals surface area contributed by atoms with E-state index in [0.29, 0.717) is 31.0 Å². The Morgan fingerprint density at radius 3 is 2.76 bits per heavy atom. The van der Waals surface area contributed by atoms with Gasteiger partial charge < -0.3 is 19.4 Å². The molecule has 0 radical (unpaired) electrons. The molecule has 2 heterocycles. The molecular formula is C19H23FN4O7S2. The van der Waals surface area contributed by atoms with Crippen LogP contribution in [0.3, 0.4) is 0 Å². The highest BCUT2D eigenvalue weighted by Crippen LogP contribution is 2.18. The van der Waals surface area contributed by atoms with Gasteiger partial charge in [0.05, 0.1) is 44.1 Å². The minimum absolute atomic E-state index is 0.0275. The zero-order chi connectivity index (χ0) is 23.7. The van der Waals surface area contributed by atoms with Crippen molar-refractivity contribution in [1.82, 2.24) is 9.71 Å². The lowest BCUT2D eigenvalue weighted by Gasteiger charge is -2.11. The smallest absolute Gasteiger partial charge is 0.280 e. The van der Waals surface area contributed by atoms with Crippen molar-refractivity contribution in [2.24, 2.45) is 5.16 Å². The number of benzene rings is 1. The summed E-state index contributed by atoms with van der Waals surface area (Å²) in [5.41, 5.74) is 0.153. The van der Waals surface area contributed by atoms with E-state index in [0.717, 1.165) is 6.20 Å². The maximum Gasteiger partial charge on any atom is 0.280 e. The lowest BCUT2D eigenvalue weighted by atomic mass is 10.1. The van der Waals surface area contributed by atoms with Crippen molar-refractivity contribution in [3.05, 3.63) is 41.2 Å². The Bertz CT molecular complexity index is 1050. The maximum atomic E-state index is 13.2. The molecule has 1 aromatic carbocycles. The van der Waals surface area contributed by atoms with Crippen LogP contribution in [0.5, 0.6) is 0 Å². The minimum atomic E-state index is -3.81. The highest BCUT2D eigenvalue weighted by atomic mass is 32.2. The van der Waals surface area contributed by atoms with E-state index in [2.05, 4.69) is 20.2 Å². The SMILES string of the molecule is O=C(Nc1ncc(F)s1)/C(=N/O[C@@H]1CCOC1)c1ccc(S(=O)(=O)NCCOCCO)cc1. The molecule has 0 saturated carbocycles. The monoisotopic (exact) mass is 502 g/mol. The molecule has 1 fully saturated rings. The molecule has 1 amide bonds. The van der Waals surface area contributed by atoms with Crippen LogP contribution >= 0.6 is 11.3 Å². The summed E-state index contributed by atoms with van der Waals surface area (Å²) in [5.74, 6) is -0.696. The van der Waals surface area contributed by atoms with E-state index >= 15 is 0 Å². The van der Waals surface area contributed by atoms with Crippen LogP contribution < -0.4 is 10.0 Å². The van der Waals surface area contributed by atoms with Gasteiger partial charge in [0, 0.05) is 18.5 Å². The largest absolute Gasteiger partial charge is 0.394 e. The molecule has 1 aliphatic rings. The molecule has 2 aromatic rings. The lowest BCUT2D eigenvalue weighted by Crippen LogP contribution is -2.28. The number of aliphatic hydroxyl groups excluding tert-OH is 1. The molecule has 1 atom stereocenters. The number of rotatable bonds is 12. The fraction of sp³-hybridized carbons (Fsp3) is 0.421. The standard InChI is InChI=1S/C19H23FN4O7S2/c20-16-11-21-19(32-16)23-18(26)17(24-31-14-5-8-30-12-14)13-1-3-15(4-2-13)33(27,28)22-6-9-29-10-7-25/h1-4,11,14,22,25H,5-10,12H2,(H,21,23,26)/b24-17+/t14-/m1/s1. The van der Waals surface area contributed by atoms with Gasteiger partial charge in [0.1, 0.15) is 0 Å². The molecule has 3 N–H and O–H groups in total. The van der Waals surface area contributed by atoms with Crippen LogP contribution in [0.1, 0.15) is 12.0 Å². The Morgan fingerprint density at radius 1 is 1.33 bits per heavy atom. The second-order valence-electron chi connectivity index (χ2n) is 6.71. The van der Waals surface area contributed by atoms with Crippen molar-refractivity contribution >= 4 is 38.1 Å². The van der Waals surface area contributed by atoms with E-state index in [1.165, 1.54) is 24.3 Å². The van der Waals surface area contributed by atoms with Crippen molar-refractivity contribution in [3.8, 4) is 0 Å². The first-order valence-electron chi connectivity index (χ1n) is 9.92. The van der Waals surface area contributed by atoms with Crippen LogP contribution in [0.15, 0.2) is 40.5 Å². The third kappa shape index (κ3) is 7.52. The van der Waals surface area contributed by atoms with Gasteiger partial charge in [0.2, 0.25) is 10.0 Å². The summed E-state index contributed by atoms with van der Waals surface area (Å²) in [5, 5.41) is 14.5. The number of hydrogen-bond acceptors (Lipinski definition) is 10. The summed E-state index contributed by atoms with van der Waals surface area (Å²) in [6.45, 7) is 0.949. The number of ether oxygens (including phenoxy) is 2. The minimum Gasteiger partial charge on any atom is -0.394 e. The fourth-order valence-corrected chi connectivity index (χ4v) is 4.26. The third-order valence-corrected chi connectivity index (χ3v) is 6.48. The second-order valence-corrected chi connectivity index (χ2v) is 9.46. The van der Waals surface area contributed by atoms with E-state index in [1.807, 2.05) is 0 Å². The Labute approximate surface area is 193 Å². The van der Waals surface area contributed by atoms with Crippen LogP contribution in [0.2, 0.25) is 0 Å². The van der Waals surface area contributed by atoms with Crippen LogP contribution in [0.4, 0.5) is 9.52 Å². The molecule has 180 valence electrons. The van der Waals surface area contributed by atoms with Gasteiger partial charge in [-0.2, -0.15) is 4.39 Å². The Balaban J connectivity index is 1.73. The number of thiazole rings is 1. The van der Waals surface area contributed by atoms with Gasteiger partial charge in [0.25, 0.3) is 5.91 Å². The van der Waals surface area contributed by atoms with Gasteiger partial charge in [-0.1, -0.05) is 28.6 Å². The highest BCUT2D eigenvalue weighted by Gasteiger charge is 2.22. The van der Waals surface area contributed by atoms with Gasteiger partial charge in [0.15, 0.2) is 22.1 Å². The molecule has 0 unspecified atom stereocenters. The summed E-state index contributed by atoms with van der Waals surface area (Å²) in [4.78, 5) is 21.9. The van der Waals surface area contributed by atoms with Gasteiger partial charge >= 0.3 is 0 Å². The number of aromatic nitrogens is 1. The topological polar surface area (TPSA) is 148 Å². The van der Waals surface area contributed by atoms with Crippen LogP contribution in [0.25, 0.3) is 0 Å². The average Bonchev–Trinajstić information content (AvgIpc) is 3.46. The summed E-state index contributed by atoms with van der Waals surface area (Å²) < 4.78 is 50.7. The van der Waals surface area contributed by atoms with Crippen molar-refractivity contribution < 1.29 is 37.0 Å². The first kappa shape index (κ1) is 25.1. The molecule has 0 bridgehead atoms. The first-order chi connectivity index (χ1) is 15.9. The highest BCUT2D eigenvalue weighted by molar-refractivity contribution is 7.89. The first-order valence-corrected chi connectivity index (χ1v) is 12.2. The van der Waals surface area contributed by atoms with Crippen LogP contribution in [-0.2, 0) is 29.1 Å². The van der Waals surface area contributed by atoms with E-state index in [1.54, 1.807) is 0 Å². The van der Waals surface area contributed by atoms with Gasteiger partial charge in [-0.3, -0.25) is 10.1 Å². The molecule has 33 heavy (non-hydrogen) atoms. The third-order valence-electron chi connectivity index (χ3n) is 4.31. The molecular weight excluding hydrogens is 479 g/mol. The lowest BCUT2D eigenvalue weighted by molar-refractivity contribution is -0.110. The predicted molar refractivity (Wildman–Crippen MR) is 117 cm³/mol. The molecule has 0 aliphatic carbocycles. The molecule has 14 heteroatoms. The Morgan fingerprint density at radius 2 is 2.12 bits per heavy atom. The van der Waals surface area contributed by atoms with Gasteiger partial charge in [-0.05, 0) is 12.1 Å². The number of nitrogens with one attached hydrogen (secondary N) is 2. The summed E-state index contributed by atoms with van der Waals surface area (Å²) in [6, 6.07) is 5.45. The zero-order valence-electron chi connectivity index (χ0n) is 17.4. The number of hydrogen-bond donors (Lipinski definition) is 3. The van der Waals surface area contributed by atoms with E-state index < -0.39 is 21.1 Å². The van der Waals surface area contributed by atoms with E-state index in [-0.39, 0.29) is 53.8 Å².